The lowest BCUT2D eigenvalue weighted by Crippen LogP contribution is -2.01. The summed E-state index contributed by atoms with van der Waals surface area (Å²) in [5, 5.41) is 3.27. The Morgan fingerprint density at radius 3 is 2.28 bits per heavy atom. The average molecular weight is 438 g/mol. The second kappa shape index (κ2) is 6.17. The van der Waals surface area contributed by atoms with Crippen LogP contribution in [0.25, 0.3) is 0 Å². The van der Waals surface area contributed by atoms with Crippen molar-refractivity contribution in [2.45, 2.75) is 6.54 Å². The quantitative estimate of drug-likeness (QED) is 0.647. The highest BCUT2D eigenvalue weighted by Crippen LogP contribution is 2.31. The molecule has 0 radical (unpaired) electrons. The van der Waals surface area contributed by atoms with Crippen LogP contribution in [0.15, 0.2) is 49.8 Å². The van der Waals surface area contributed by atoms with Crippen molar-refractivity contribution in [2.24, 2.45) is 0 Å². The minimum Gasteiger partial charge on any atom is -0.379 e. The maximum Gasteiger partial charge on any atom is 0.124 e. The number of halogens is 4. The Balaban J connectivity index is 2.16. The molecule has 0 fully saturated rings. The molecule has 0 aliphatic heterocycles. The fraction of sp³-hybridized carbons (Fsp3) is 0.0769. The first kappa shape index (κ1) is 14.0. The zero-order valence-corrected chi connectivity index (χ0v) is 13.9. The second-order valence-electron chi connectivity index (χ2n) is 3.73. The average Bonchev–Trinajstić information content (AvgIpc) is 2.27. The Morgan fingerprint density at radius 1 is 1.00 bits per heavy atom. The molecule has 94 valence electrons. The van der Waals surface area contributed by atoms with E-state index in [4.69, 9.17) is 0 Å². The number of nitrogens with one attached hydrogen (secondary N) is 1. The van der Waals surface area contributed by atoms with Crippen LogP contribution in [0.1, 0.15) is 5.56 Å². The van der Waals surface area contributed by atoms with E-state index in [0.717, 1.165) is 24.7 Å². The third-order valence-electron chi connectivity index (χ3n) is 2.35. The summed E-state index contributed by atoms with van der Waals surface area (Å²) < 4.78 is 15.9. The van der Waals surface area contributed by atoms with Gasteiger partial charge in [0, 0.05) is 20.0 Å². The summed E-state index contributed by atoms with van der Waals surface area (Å²) in [7, 11) is 0. The van der Waals surface area contributed by atoms with Gasteiger partial charge in [-0.1, -0.05) is 22.0 Å². The molecule has 0 aliphatic rings. The molecule has 0 saturated carbocycles. The summed E-state index contributed by atoms with van der Waals surface area (Å²) in [6.07, 6.45) is 0. The normalized spacial score (nSPS) is 10.4. The molecular weight excluding hydrogens is 429 g/mol. The van der Waals surface area contributed by atoms with Crippen molar-refractivity contribution in [3.63, 3.8) is 0 Å². The number of hydrogen-bond acceptors (Lipinski definition) is 1. The van der Waals surface area contributed by atoms with Crippen LogP contribution in [-0.2, 0) is 6.54 Å². The maximum atomic E-state index is 13.2. The van der Waals surface area contributed by atoms with Crippen molar-refractivity contribution in [1.29, 1.82) is 0 Å². The van der Waals surface area contributed by atoms with Crippen molar-refractivity contribution in [3.05, 3.63) is 61.2 Å². The van der Waals surface area contributed by atoms with E-state index >= 15 is 0 Å². The Morgan fingerprint density at radius 2 is 1.67 bits per heavy atom. The first-order chi connectivity index (χ1) is 8.56. The minimum absolute atomic E-state index is 0.243. The van der Waals surface area contributed by atoms with Gasteiger partial charge in [0.2, 0.25) is 0 Å². The van der Waals surface area contributed by atoms with Gasteiger partial charge in [0.15, 0.2) is 0 Å². The molecule has 1 N–H and O–H groups in total. The van der Waals surface area contributed by atoms with Crippen LogP contribution in [0.2, 0.25) is 0 Å². The summed E-state index contributed by atoms with van der Waals surface area (Å²) in [6.45, 7) is 0.553. The van der Waals surface area contributed by atoms with E-state index in [0.29, 0.717) is 6.54 Å². The zero-order chi connectivity index (χ0) is 13.1. The van der Waals surface area contributed by atoms with Gasteiger partial charge < -0.3 is 5.32 Å². The highest BCUT2D eigenvalue weighted by molar-refractivity contribution is 9.11. The number of hydrogen-bond donors (Lipinski definition) is 1. The second-order valence-corrected chi connectivity index (χ2v) is 6.35. The molecule has 2 rings (SSSR count). The van der Waals surface area contributed by atoms with Gasteiger partial charge >= 0.3 is 0 Å². The molecule has 0 heterocycles. The molecule has 0 spiro atoms. The molecule has 5 heteroatoms. The smallest absolute Gasteiger partial charge is 0.124 e. The van der Waals surface area contributed by atoms with Gasteiger partial charge in [-0.25, -0.2) is 4.39 Å². The predicted molar refractivity (Wildman–Crippen MR) is 83.3 cm³/mol. The van der Waals surface area contributed by atoms with Crippen molar-refractivity contribution >= 4 is 53.5 Å². The highest BCUT2D eigenvalue weighted by atomic mass is 79.9. The first-order valence-corrected chi connectivity index (χ1v) is 7.57. The van der Waals surface area contributed by atoms with Crippen LogP contribution in [-0.4, -0.2) is 0 Å². The lowest BCUT2D eigenvalue weighted by Gasteiger charge is -2.11. The van der Waals surface area contributed by atoms with E-state index in [9.17, 15) is 4.39 Å². The zero-order valence-electron chi connectivity index (χ0n) is 9.18. The lowest BCUT2D eigenvalue weighted by atomic mass is 10.2. The minimum atomic E-state index is -0.243. The van der Waals surface area contributed by atoms with Crippen LogP contribution in [0.5, 0.6) is 0 Å². The highest BCUT2D eigenvalue weighted by Gasteiger charge is 2.05. The Bertz CT molecular complexity index is 532. The summed E-state index contributed by atoms with van der Waals surface area (Å²) in [4.78, 5) is 0. The number of para-hydroxylation sites is 1. The van der Waals surface area contributed by atoms with Gasteiger partial charge in [-0.2, -0.15) is 0 Å². The molecule has 0 aliphatic carbocycles. The van der Waals surface area contributed by atoms with Crippen LogP contribution in [0, 0.1) is 5.82 Å². The molecule has 0 bridgehead atoms. The topological polar surface area (TPSA) is 12.0 Å². The number of anilines is 1. The van der Waals surface area contributed by atoms with Crippen molar-refractivity contribution in [1.82, 2.24) is 0 Å². The van der Waals surface area contributed by atoms with E-state index in [2.05, 4.69) is 53.1 Å². The van der Waals surface area contributed by atoms with Crippen LogP contribution < -0.4 is 5.32 Å². The van der Waals surface area contributed by atoms with Gasteiger partial charge in [0.1, 0.15) is 5.82 Å². The fourth-order valence-electron chi connectivity index (χ4n) is 1.57. The summed E-state index contributed by atoms with van der Waals surface area (Å²) >= 11 is 10.2. The van der Waals surface area contributed by atoms with Crippen molar-refractivity contribution in [2.75, 3.05) is 5.32 Å². The molecule has 0 aromatic heterocycles. The van der Waals surface area contributed by atoms with E-state index < -0.39 is 0 Å². The summed E-state index contributed by atoms with van der Waals surface area (Å²) in [6, 6.07) is 10.7. The fourth-order valence-corrected chi connectivity index (χ4v) is 3.36. The maximum absolute atomic E-state index is 13.2. The Labute approximate surface area is 130 Å². The molecule has 0 unspecified atom stereocenters. The van der Waals surface area contributed by atoms with Crippen molar-refractivity contribution in [3.8, 4) is 0 Å². The molecule has 0 atom stereocenters. The van der Waals surface area contributed by atoms with Gasteiger partial charge in [0.25, 0.3) is 0 Å². The van der Waals surface area contributed by atoms with Gasteiger partial charge in [-0.05, 0) is 67.8 Å². The molecule has 2 aromatic carbocycles. The summed E-state index contributed by atoms with van der Waals surface area (Å²) in [5.74, 6) is -0.243. The number of benzene rings is 2. The van der Waals surface area contributed by atoms with Crippen LogP contribution in [0.3, 0.4) is 0 Å². The molecular formula is C13H9Br3FN. The summed E-state index contributed by atoms with van der Waals surface area (Å²) in [5.41, 5.74) is 1.84. The van der Waals surface area contributed by atoms with E-state index in [1.165, 1.54) is 12.1 Å². The largest absolute Gasteiger partial charge is 0.379 e. The molecule has 2 aromatic rings. The van der Waals surface area contributed by atoms with Gasteiger partial charge in [0.05, 0.1) is 5.69 Å². The lowest BCUT2D eigenvalue weighted by molar-refractivity contribution is 0.625. The SMILES string of the molecule is Fc1cc(Br)cc(CNc2c(Br)cccc2Br)c1. The van der Waals surface area contributed by atoms with Crippen LogP contribution >= 0.6 is 47.8 Å². The molecule has 18 heavy (non-hydrogen) atoms. The van der Waals surface area contributed by atoms with Gasteiger partial charge in [-0.15, -0.1) is 0 Å². The van der Waals surface area contributed by atoms with Gasteiger partial charge in [-0.3, -0.25) is 0 Å². The van der Waals surface area contributed by atoms with E-state index in [-0.39, 0.29) is 5.82 Å². The third-order valence-corrected chi connectivity index (χ3v) is 4.13. The van der Waals surface area contributed by atoms with E-state index in [1.807, 2.05) is 24.3 Å². The first-order valence-electron chi connectivity index (χ1n) is 5.19. The molecule has 0 saturated heterocycles. The monoisotopic (exact) mass is 435 g/mol. The standard InChI is InChI=1S/C13H9Br3FN/c14-9-4-8(5-10(17)6-9)7-18-13-11(15)2-1-3-12(13)16/h1-6,18H,7H2. The van der Waals surface area contributed by atoms with Crippen LogP contribution in [0.4, 0.5) is 10.1 Å². The molecule has 1 nitrogen and oxygen atoms in total. The third kappa shape index (κ3) is 3.56. The predicted octanol–water partition coefficient (Wildman–Crippen LogP) is 5.73. The van der Waals surface area contributed by atoms with Crippen molar-refractivity contribution < 1.29 is 4.39 Å². The number of rotatable bonds is 3. The van der Waals surface area contributed by atoms with E-state index in [1.54, 1.807) is 0 Å². The molecule has 0 amide bonds. The Kier molecular flexibility index (Phi) is 4.81. The Hall–Kier alpha value is -0.390.